The Morgan fingerprint density at radius 3 is 2.78 bits per heavy atom. The third-order valence-electron chi connectivity index (χ3n) is 5.58. The summed E-state index contributed by atoms with van der Waals surface area (Å²) in [6.07, 6.45) is 8.66. The van der Waals surface area contributed by atoms with Gasteiger partial charge in [-0.2, -0.15) is 0 Å². The minimum atomic E-state index is 0.745. The van der Waals surface area contributed by atoms with Gasteiger partial charge in [0.15, 0.2) is 0 Å². The third-order valence-corrected chi connectivity index (χ3v) is 5.58. The first-order chi connectivity index (χ1) is 8.92. The second kappa shape index (κ2) is 4.38. The summed E-state index contributed by atoms with van der Waals surface area (Å²) in [5.41, 5.74) is 3.26. The van der Waals surface area contributed by atoms with Gasteiger partial charge in [0.2, 0.25) is 0 Å². The first-order valence-electron chi connectivity index (χ1n) is 7.73. The summed E-state index contributed by atoms with van der Waals surface area (Å²) in [6.45, 7) is 2.68. The molecular weight excluding hydrogens is 218 g/mol. The monoisotopic (exact) mass is 241 g/mol. The van der Waals surface area contributed by atoms with Gasteiger partial charge in [0, 0.05) is 19.1 Å². The number of hydrogen-bond donors (Lipinski definition) is 0. The lowest BCUT2D eigenvalue weighted by atomic mass is 9.70. The molecule has 0 aromatic heterocycles. The van der Waals surface area contributed by atoms with Gasteiger partial charge in [-0.05, 0) is 42.2 Å². The fourth-order valence-corrected chi connectivity index (χ4v) is 4.62. The highest BCUT2D eigenvalue weighted by molar-refractivity contribution is 5.33. The summed E-state index contributed by atoms with van der Waals surface area (Å²) >= 11 is 0. The molecule has 0 amide bonds. The van der Waals surface area contributed by atoms with Crippen molar-refractivity contribution in [2.45, 2.75) is 44.6 Å². The number of nitrogens with zero attached hydrogens (tertiary/aromatic N) is 1. The maximum atomic E-state index is 2.79. The summed E-state index contributed by atoms with van der Waals surface area (Å²) in [6, 6.07) is 9.92. The van der Waals surface area contributed by atoms with E-state index in [4.69, 9.17) is 0 Å². The van der Waals surface area contributed by atoms with Gasteiger partial charge in [-0.1, -0.05) is 43.5 Å². The molecule has 18 heavy (non-hydrogen) atoms. The highest BCUT2D eigenvalue weighted by Crippen LogP contribution is 2.45. The van der Waals surface area contributed by atoms with E-state index in [1.54, 1.807) is 11.1 Å². The Hall–Kier alpha value is -0.820. The predicted molar refractivity (Wildman–Crippen MR) is 74.5 cm³/mol. The van der Waals surface area contributed by atoms with Crippen molar-refractivity contribution in [2.24, 2.45) is 11.8 Å². The largest absolute Gasteiger partial charge is 0.296 e. The minimum absolute atomic E-state index is 0.745. The number of fused-ring (bicyclic) bond motifs is 4. The van der Waals surface area contributed by atoms with E-state index in [1.165, 1.54) is 51.6 Å². The maximum absolute atomic E-state index is 2.79. The topological polar surface area (TPSA) is 3.24 Å². The Labute approximate surface area is 110 Å². The number of hydrogen-bond acceptors (Lipinski definition) is 1. The maximum Gasteiger partial charge on any atom is 0.0353 e. The van der Waals surface area contributed by atoms with Gasteiger partial charge < -0.3 is 0 Å². The van der Waals surface area contributed by atoms with E-state index in [0.717, 1.165) is 17.9 Å². The van der Waals surface area contributed by atoms with Crippen LogP contribution >= 0.6 is 0 Å². The number of benzene rings is 1. The van der Waals surface area contributed by atoms with Crippen LogP contribution in [0.5, 0.6) is 0 Å². The molecule has 0 bridgehead atoms. The standard InChI is InChI=1S/C17H23N/c1-2-7-15-12-18-10-9-13-5-3-4-8-16(13)17(18)11-14(15)6-1/h3-5,8,14-15,17H,1-2,6-7,9-12H2/t14?,15?,17-/m0/s1. The van der Waals surface area contributed by atoms with E-state index in [0.29, 0.717) is 0 Å². The van der Waals surface area contributed by atoms with Crippen molar-refractivity contribution in [3.8, 4) is 0 Å². The van der Waals surface area contributed by atoms with E-state index in [1.807, 2.05) is 0 Å². The van der Waals surface area contributed by atoms with Gasteiger partial charge in [-0.25, -0.2) is 0 Å². The lowest BCUT2D eigenvalue weighted by molar-refractivity contribution is 0.0322. The third kappa shape index (κ3) is 1.72. The van der Waals surface area contributed by atoms with Crippen molar-refractivity contribution in [3.05, 3.63) is 35.4 Å². The van der Waals surface area contributed by atoms with E-state index in [2.05, 4.69) is 29.2 Å². The summed E-state index contributed by atoms with van der Waals surface area (Å²) < 4.78 is 0. The summed E-state index contributed by atoms with van der Waals surface area (Å²) in [5, 5.41) is 0. The molecular formula is C17H23N. The lowest BCUT2D eigenvalue weighted by Crippen LogP contribution is -2.46. The number of rotatable bonds is 0. The molecule has 3 aliphatic rings. The molecule has 0 spiro atoms. The fourth-order valence-electron chi connectivity index (χ4n) is 4.62. The van der Waals surface area contributed by atoms with Crippen LogP contribution in [-0.2, 0) is 6.42 Å². The highest BCUT2D eigenvalue weighted by Gasteiger charge is 2.39. The Kier molecular flexibility index (Phi) is 2.69. The Morgan fingerprint density at radius 2 is 1.83 bits per heavy atom. The van der Waals surface area contributed by atoms with Crippen molar-refractivity contribution < 1.29 is 0 Å². The van der Waals surface area contributed by atoms with Crippen LogP contribution in [-0.4, -0.2) is 18.0 Å². The van der Waals surface area contributed by atoms with Crippen molar-refractivity contribution in [2.75, 3.05) is 13.1 Å². The van der Waals surface area contributed by atoms with Gasteiger partial charge in [-0.15, -0.1) is 0 Å². The lowest BCUT2D eigenvalue weighted by Gasteiger charge is -2.48. The van der Waals surface area contributed by atoms with Crippen molar-refractivity contribution in [3.63, 3.8) is 0 Å². The smallest absolute Gasteiger partial charge is 0.0353 e. The molecule has 1 aliphatic carbocycles. The Bertz CT molecular complexity index is 439. The van der Waals surface area contributed by atoms with Crippen LogP contribution < -0.4 is 0 Å². The number of piperidine rings is 1. The minimum Gasteiger partial charge on any atom is -0.296 e. The van der Waals surface area contributed by atoms with Crippen molar-refractivity contribution in [1.82, 2.24) is 4.90 Å². The SMILES string of the molecule is c1ccc2c(c1)CCN1CC3CCCCC3C[C@@H]21. The van der Waals surface area contributed by atoms with E-state index in [9.17, 15) is 0 Å². The Balaban J connectivity index is 1.64. The van der Waals surface area contributed by atoms with E-state index in [-0.39, 0.29) is 0 Å². The first kappa shape index (κ1) is 11.0. The van der Waals surface area contributed by atoms with Crippen LogP contribution in [0.25, 0.3) is 0 Å². The van der Waals surface area contributed by atoms with Crippen molar-refractivity contribution >= 4 is 0 Å². The molecule has 2 aliphatic heterocycles. The van der Waals surface area contributed by atoms with Gasteiger partial charge in [0.1, 0.15) is 0 Å². The van der Waals surface area contributed by atoms with Crippen molar-refractivity contribution in [1.29, 1.82) is 0 Å². The molecule has 0 radical (unpaired) electrons. The molecule has 2 heterocycles. The highest BCUT2D eigenvalue weighted by atomic mass is 15.2. The zero-order valence-corrected chi connectivity index (χ0v) is 11.1. The zero-order valence-electron chi connectivity index (χ0n) is 11.1. The molecule has 1 saturated carbocycles. The normalized spacial score (nSPS) is 35.4. The van der Waals surface area contributed by atoms with Crippen LogP contribution in [0.2, 0.25) is 0 Å². The molecule has 1 nitrogen and oxygen atoms in total. The molecule has 0 N–H and O–H groups in total. The van der Waals surface area contributed by atoms with Gasteiger partial charge in [0.25, 0.3) is 0 Å². The summed E-state index contributed by atoms with van der Waals surface area (Å²) in [5.74, 6) is 2.03. The van der Waals surface area contributed by atoms with E-state index >= 15 is 0 Å². The summed E-state index contributed by atoms with van der Waals surface area (Å²) in [7, 11) is 0. The van der Waals surface area contributed by atoms with Crippen LogP contribution in [0.3, 0.4) is 0 Å². The van der Waals surface area contributed by atoms with Gasteiger partial charge in [0.05, 0.1) is 0 Å². The Morgan fingerprint density at radius 1 is 1.00 bits per heavy atom. The molecule has 2 fully saturated rings. The predicted octanol–water partition coefficient (Wildman–Crippen LogP) is 3.80. The average molecular weight is 241 g/mol. The average Bonchev–Trinajstić information content (AvgIpc) is 2.45. The molecule has 2 unspecified atom stereocenters. The molecule has 1 aromatic rings. The molecule has 4 rings (SSSR count). The molecule has 1 saturated heterocycles. The second-order valence-corrected chi connectivity index (χ2v) is 6.50. The second-order valence-electron chi connectivity index (χ2n) is 6.50. The summed E-state index contributed by atoms with van der Waals surface area (Å²) in [4.78, 5) is 2.79. The molecule has 3 atom stereocenters. The van der Waals surface area contributed by atoms with Gasteiger partial charge >= 0.3 is 0 Å². The van der Waals surface area contributed by atoms with E-state index < -0.39 is 0 Å². The zero-order chi connectivity index (χ0) is 11.9. The van der Waals surface area contributed by atoms with Crippen LogP contribution in [0.1, 0.15) is 49.3 Å². The molecule has 1 aromatic carbocycles. The van der Waals surface area contributed by atoms with Crippen LogP contribution in [0, 0.1) is 11.8 Å². The van der Waals surface area contributed by atoms with Gasteiger partial charge in [-0.3, -0.25) is 4.90 Å². The van der Waals surface area contributed by atoms with Crippen LogP contribution in [0.15, 0.2) is 24.3 Å². The molecule has 96 valence electrons. The van der Waals surface area contributed by atoms with Crippen LogP contribution in [0.4, 0.5) is 0 Å². The fraction of sp³-hybridized carbons (Fsp3) is 0.647. The quantitative estimate of drug-likeness (QED) is 0.668. The first-order valence-corrected chi connectivity index (χ1v) is 7.73. The molecule has 1 heteroatoms.